The number of halogens is 4. The molecule has 0 saturated carbocycles. The van der Waals surface area contributed by atoms with E-state index in [-0.39, 0.29) is 11.5 Å². The van der Waals surface area contributed by atoms with Crippen molar-refractivity contribution in [3.63, 3.8) is 0 Å². The second-order valence-electron chi connectivity index (χ2n) is 4.41. The van der Waals surface area contributed by atoms with E-state index in [4.69, 9.17) is 5.26 Å². The van der Waals surface area contributed by atoms with Crippen molar-refractivity contribution in [2.75, 3.05) is 5.43 Å². The van der Waals surface area contributed by atoms with Gasteiger partial charge in [-0.2, -0.15) is 18.4 Å². The zero-order chi connectivity index (χ0) is 17.6. The van der Waals surface area contributed by atoms with Crippen LogP contribution in [0.4, 0.5) is 24.5 Å². The normalized spacial score (nSPS) is 12.2. The van der Waals surface area contributed by atoms with Crippen LogP contribution in [0.5, 0.6) is 0 Å². The fourth-order valence-corrected chi connectivity index (χ4v) is 1.80. The minimum atomic E-state index is -4.41. The number of alkyl halides is 3. The molecular weight excluding hydrogens is 387 g/mol. The van der Waals surface area contributed by atoms with E-state index in [9.17, 15) is 13.2 Å². The predicted molar refractivity (Wildman–Crippen MR) is 86.8 cm³/mol. The van der Waals surface area contributed by atoms with E-state index in [1.54, 1.807) is 30.3 Å². The number of benzene rings is 2. The molecule has 0 aromatic heterocycles. The Morgan fingerprint density at radius 3 is 2.21 bits per heavy atom. The molecule has 0 fully saturated rings. The number of anilines is 1. The lowest BCUT2D eigenvalue weighted by Crippen LogP contribution is -2.03. The van der Waals surface area contributed by atoms with Crippen molar-refractivity contribution in [1.82, 2.24) is 0 Å². The number of amidine groups is 1. The van der Waals surface area contributed by atoms with E-state index < -0.39 is 11.7 Å². The maximum atomic E-state index is 12.4. The molecule has 2 aromatic carbocycles. The van der Waals surface area contributed by atoms with Gasteiger partial charge in [0.2, 0.25) is 0 Å². The second kappa shape index (κ2) is 7.70. The molecule has 24 heavy (non-hydrogen) atoms. The molecule has 0 radical (unpaired) electrons. The average Bonchev–Trinajstić information content (AvgIpc) is 2.56. The molecule has 5 nitrogen and oxygen atoms in total. The third kappa shape index (κ3) is 5.17. The average molecular weight is 396 g/mol. The summed E-state index contributed by atoms with van der Waals surface area (Å²) in [6.07, 6.45) is -4.41. The fourth-order valence-electron chi connectivity index (χ4n) is 1.53. The van der Waals surface area contributed by atoms with Gasteiger partial charge in [0, 0.05) is 4.47 Å². The quantitative estimate of drug-likeness (QED) is 0.322. The third-order valence-electron chi connectivity index (χ3n) is 2.69. The predicted octanol–water partition coefficient (Wildman–Crippen LogP) is 5.50. The van der Waals surface area contributed by atoms with E-state index in [2.05, 4.69) is 36.7 Å². The van der Waals surface area contributed by atoms with E-state index in [1.165, 1.54) is 0 Å². The minimum Gasteiger partial charge on any atom is -0.276 e. The van der Waals surface area contributed by atoms with Crippen LogP contribution in [0.15, 0.2) is 68.3 Å². The van der Waals surface area contributed by atoms with E-state index >= 15 is 0 Å². The van der Waals surface area contributed by atoms with Gasteiger partial charge < -0.3 is 0 Å². The van der Waals surface area contributed by atoms with Crippen molar-refractivity contribution in [1.29, 1.82) is 5.26 Å². The lowest BCUT2D eigenvalue weighted by atomic mass is 10.2. The fraction of sp³-hybridized carbons (Fsp3) is 0.0667. The number of nitrogens with zero attached hydrogens (tertiary/aromatic N) is 4. The van der Waals surface area contributed by atoms with E-state index in [1.807, 2.05) is 0 Å². The Kier molecular flexibility index (Phi) is 5.65. The lowest BCUT2D eigenvalue weighted by Gasteiger charge is -2.05. The summed E-state index contributed by atoms with van der Waals surface area (Å²) in [5.74, 6) is -0.266. The molecule has 0 amide bonds. The standard InChI is InChI=1S/C15H9BrF3N5/c16-11-3-7-13(8-4-11)22-24-14(9-20)23-21-12-5-1-10(2-6-12)15(17,18)19/h1-8,22H. The Morgan fingerprint density at radius 2 is 1.67 bits per heavy atom. The van der Waals surface area contributed by atoms with Gasteiger partial charge in [-0.25, -0.2) is 0 Å². The number of azo groups is 1. The van der Waals surface area contributed by atoms with Gasteiger partial charge in [0.05, 0.1) is 16.9 Å². The maximum absolute atomic E-state index is 12.4. The maximum Gasteiger partial charge on any atom is 0.416 e. The summed E-state index contributed by atoms with van der Waals surface area (Å²) in [4.78, 5) is 0. The summed E-state index contributed by atoms with van der Waals surface area (Å²) in [5.41, 5.74) is 2.66. The van der Waals surface area contributed by atoms with Gasteiger partial charge in [0.25, 0.3) is 5.84 Å². The van der Waals surface area contributed by atoms with E-state index in [0.29, 0.717) is 5.69 Å². The number of hydrazone groups is 1. The number of hydrogen-bond acceptors (Lipinski definition) is 4. The molecule has 0 unspecified atom stereocenters. The van der Waals surface area contributed by atoms with Gasteiger partial charge in [-0.15, -0.1) is 15.3 Å². The lowest BCUT2D eigenvalue weighted by molar-refractivity contribution is -0.137. The summed E-state index contributed by atoms with van der Waals surface area (Å²) in [5, 5.41) is 20.0. The highest BCUT2D eigenvalue weighted by Crippen LogP contribution is 2.30. The molecule has 0 atom stereocenters. The molecule has 0 spiro atoms. The van der Waals surface area contributed by atoms with Crippen LogP contribution < -0.4 is 5.43 Å². The van der Waals surface area contributed by atoms with Crippen LogP contribution in [0, 0.1) is 11.3 Å². The summed E-state index contributed by atoms with van der Waals surface area (Å²) < 4.78 is 38.2. The van der Waals surface area contributed by atoms with Gasteiger partial charge >= 0.3 is 6.18 Å². The second-order valence-corrected chi connectivity index (χ2v) is 5.33. The SMILES string of the molecule is N#CC(N=Nc1ccc(C(F)(F)F)cc1)=NNc1ccc(Br)cc1. The summed E-state index contributed by atoms with van der Waals surface area (Å²) in [7, 11) is 0. The van der Waals surface area contributed by atoms with Gasteiger partial charge in [-0.05, 0) is 48.5 Å². The van der Waals surface area contributed by atoms with Gasteiger partial charge in [-0.1, -0.05) is 15.9 Å². The van der Waals surface area contributed by atoms with Crippen LogP contribution in [0.3, 0.4) is 0 Å². The largest absolute Gasteiger partial charge is 0.416 e. The minimum absolute atomic E-state index is 0.176. The van der Waals surface area contributed by atoms with Gasteiger partial charge in [-0.3, -0.25) is 5.43 Å². The smallest absolute Gasteiger partial charge is 0.276 e. The highest BCUT2D eigenvalue weighted by atomic mass is 79.9. The summed E-state index contributed by atoms with van der Waals surface area (Å²) in [6, 6.07) is 12.8. The summed E-state index contributed by atoms with van der Waals surface area (Å²) >= 11 is 3.29. The van der Waals surface area contributed by atoms with Crippen molar-refractivity contribution < 1.29 is 13.2 Å². The van der Waals surface area contributed by atoms with Crippen LogP contribution in [-0.2, 0) is 6.18 Å². The first kappa shape index (κ1) is 17.6. The first-order chi connectivity index (χ1) is 11.4. The Hall–Kier alpha value is -2.73. The molecule has 0 saturated heterocycles. The number of rotatable bonds is 3. The molecule has 0 bridgehead atoms. The van der Waals surface area contributed by atoms with Gasteiger partial charge in [0.15, 0.2) is 0 Å². The van der Waals surface area contributed by atoms with Crippen LogP contribution in [0.1, 0.15) is 5.56 Å². The number of nitriles is 1. The Balaban J connectivity index is 2.06. The molecule has 9 heteroatoms. The number of hydrogen-bond donors (Lipinski definition) is 1. The zero-order valence-electron chi connectivity index (χ0n) is 11.9. The highest BCUT2D eigenvalue weighted by molar-refractivity contribution is 9.10. The molecule has 2 aromatic rings. The van der Waals surface area contributed by atoms with Crippen molar-refractivity contribution in [3.8, 4) is 6.07 Å². The highest BCUT2D eigenvalue weighted by Gasteiger charge is 2.29. The molecule has 0 heterocycles. The van der Waals surface area contributed by atoms with Crippen LogP contribution >= 0.6 is 15.9 Å². The Bertz CT molecular complexity index is 790. The molecule has 1 N–H and O–H groups in total. The van der Waals surface area contributed by atoms with Crippen molar-refractivity contribution in [2.24, 2.45) is 15.3 Å². The monoisotopic (exact) mass is 395 g/mol. The third-order valence-corrected chi connectivity index (χ3v) is 3.22. The van der Waals surface area contributed by atoms with Crippen molar-refractivity contribution in [2.45, 2.75) is 6.18 Å². The van der Waals surface area contributed by atoms with Crippen LogP contribution in [0.2, 0.25) is 0 Å². The summed E-state index contributed by atoms with van der Waals surface area (Å²) in [6.45, 7) is 0. The molecular formula is C15H9BrF3N5. The van der Waals surface area contributed by atoms with Crippen LogP contribution in [-0.4, -0.2) is 5.84 Å². The Morgan fingerprint density at radius 1 is 1.04 bits per heavy atom. The van der Waals surface area contributed by atoms with Gasteiger partial charge in [0.1, 0.15) is 6.07 Å². The number of nitrogens with one attached hydrogen (secondary N) is 1. The van der Waals surface area contributed by atoms with E-state index in [0.717, 1.165) is 28.7 Å². The molecule has 0 aliphatic heterocycles. The zero-order valence-corrected chi connectivity index (χ0v) is 13.5. The van der Waals surface area contributed by atoms with Crippen molar-refractivity contribution in [3.05, 3.63) is 58.6 Å². The first-order valence-corrected chi connectivity index (χ1v) is 7.26. The van der Waals surface area contributed by atoms with Crippen molar-refractivity contribution >= 4 is 33.1 Å². The Labute approximate surface area is 143 Å². The molecule has 2 rings (SSSR count). The molecule has 122 valence electrons. The first-order valence-electron chi connectivity index (χ1n) is 6.47. The van der Waals surface area contributed by atoms with Crippen LogP contribution in [0.25, 0.3) is 0 Å². The topological polar surface area (TPSA) is 72.9 Å². The molecule has 0 aliphatic carbocycles. The molecule has 0 aliphatic rings.